The number of halogens is 3. The van der Waals surface area contributed by atoms with E-state index in [1.54, 1.807) is 0 Å². The third kappa shape index (κ3) is 2.93. The van der Waals surface area contributed by atoms with Gasteiger partial charge in [0.15, 0.2) is 0 Å². The van der Waals surface area contributed by atoms with E-state index in [1.165, 1.54) is 6.92 Å². The zero-order valence-electron chi connectivity index (χ0n) is 7.84. The molecule has 15 heavy (non-hydrogen) atoms. The summed E-state index contributed by atoms with van der Waals surface area (Å²) in [6.07, 6.45) is -3.87. The Bertz CT molecular complexity index is 434. The molecule has 0 aromatic carbocycles. The number of carbonyl (C=O) groups excluding carboxylic acids is 1. The average Bonchev–Trinajstić information content (AvgIpc) is 2.06. The van der Waals surface area contributed by atoms with Gasteiger partial charge in [0.25, 0.3) is 5.56 Å². The van der Waals surface area contributed by atoms with Gasteiger partial charge in [-0.15, -0.1) is 0 Å². The monoisotopic (exact) mass is 219 g/mol. The molecule has 0 saturated carbocycles. The van der Waals surface area contributed by atoms with Gasteiger partial charge in [0.1, 0.15) is 5.78 Å². The second-order valence-electron chi connectivity index (χ2n) is 3.08. The summed E-state index contributed by atoms with van der Waals surface area (Å²) in [5, 5.41) is 0. The fourth-order valence-corrected chi connectivity index (χ4v) is 1.06. The van der Waals surface area contributed by atoms with Gasteiger partial charge in [-0.3, -0.25) is 9.59 Å². The van der Waals surface area contributed by atoms with E-state index in [9.17, 15) is 22.8 Å². The summed E-state index contributed by atoms with van der Waals surface area (Å²) in [4.78, 5) is 21.8. The van der Waals surface area contributed by atoms with Crippen LogP contribution in [0.15, 0.2) is 23.1 Å². The topological polar surface area (TPSA) is 39.1 Å². The van der Waals surface area contributed by atoms with Crippen LogP contribution in [0, 0.1) is 0 Å². The highest BCUT2D eigenvalue weighted by atomic mass is 19.4. The molecule has 0 radical (unpaired) electrons. The molecule has 0 aliphatic carbocycles. The molecule has 0 aliphatic heterocycles. The number of hydrogen-bond acceptors (Lipinski definition) is 2. The van der Waals surface area contributed by atoms with Crippen LogP contribution in [0.25, 0.3) is 0 Å². The van der Waals surface area contributed by atoms with Crippen LogP contribution < -0.4 is 5.56 Å². The molecule has 1 aromatic rings. The zero-order valence-corrected chi connectivity index (χ0v) is 7.84. The smallest absolute Gasteiger partial charge is 0.308 e. The predicted octanol–water partition coefficient (Wildman–Crippen LogP) is 1.46. The van der Waals surface area contributed by atoms with Crippen LogP contribution in [0.3, 0.4) is 0 Å². The molecule has 1 heterocycles. The highest BCUT2D eigenvalue weighted by Crippen LogP contribution is 2.27. The number of carbonyl (C=O) groups is 1. The van der Waals surface area contributed by atoms with Gasteiger partial charge < -0.3 is 4.57 Å². The van der Waals surface area contributed by atoms with Crippen molar-refractivity contribution in [3.05, 3.63) is 34.2 Å². The largest absolute Gasteiger partial charge is 0.417 e. The Balaban J connectivity index is 3.17. The number of rotatable bonds is 2. The molecule has 6 heteroatoms. The lowest BCUT2D eigenvalue weighted by atomic mass is 10.2. The Morgan fingerprint density at radius 2 is 2.00 bits per heavy atom. The van der Waals surface area contributed by atoms with Gasteiger partial charge in [-0.25, -0.2) is 0 Å². The molecule has 0 bridgehead atoms. The minimum atomic E-state index is -4.51. The highest BCUT2D eigenvalue weighted by Gasteiger charge is 2.31. The SMILES string of the molecule is CC(=O)Cn1cc(C(F)(F)F)ccc1=O. The molecule has 0 N–H and O–H groups in total. The maximum atomic E-state index is 12.2. The molecule has 1 aromatic heterocycles. The van der Waals surface area contributed by atoms with E-state index in [0.29, 0.717) is 12.3 Å². The lowest BCUT2D eigenvalue weighted by molar-refractivity contribution is -0.138. The average molecular weight is 219 g/mol. The fourth-order valence-electron chi connectivity index (χ4n) is 1.06. The summed E-state index contributed by atoms with van der Waals surface area (Å²) < 4.78 is 37.5. The summed E-state index contributed by atoms with van der Waals surface area (Å²) >= 11 is 0. The first-order valence-electron chi connectivity index (χ1n) is 4.08. The molecule has 0 spiro atoms. The summed E-state index contributed by atoms with van der Waals surface area (Å²) in [7, 11) is 0. The number of nitrogens with zero attached hydrogens (tertiary/aromatic N) is 1. The first-order valence-corrected chi connectivity index (χ1v) is 4.08. The van der Waals surface area contributed by atoms with Crippen molar-refractivity contribution in [2.24, 2.45) is 0 Å². The first kappa shape index (κ1) is 11.5. The quantitative estimate of drug-likeness (QED) is 0.755. The molecule has 0 atom stereocenters. The van der Waals surface area contributed by atoms with E-state index in [0.717, 1.165) is 10.6 Å². The van der Waals surface area contributed by atoms with E-state index in [-0.39, 0.29) is 12.3 Å². The Kier molecular flexibility index (Phi) is 2.97. The zero-order chi connectivity index (χ0) is 11.6. The lowest BCUT2D eigenvalue weighted by Crippen LogP contribution is -2.24. The van der Waals surface area contributed by atoms with Crippen molar-refractivity contribution in [2.45, 2.75) is 19.6 Å². The molecule has 1 rings (SSSR count). The lowest BCUT2D eigenvalue weighted by Gasteiger charge is -2.09. The summed E-state index contributed by atoms with van der Waals surface area (Å²) in [5.41, 5.74) is -1.57. The third-order valence-electron chi connectivity index (χ3n) is 1.70. The van der Waals surface area contributed by atoms with Gasteiger partial charge in [0.05, 0.1) is 12.1 Å². The molecule has 3 nitrogen and oxygen atoms in total. The van der Waals surface area contributed by atoms with Crippen molar-refractivity contribution < 1.29 is 18.0 Å². The Labute approximate surface area is 83.1 Å². The molecule has 82 valence electrons. The molecule has 0 fully saturated rings. The minimum Gasteiger partial charge on any atom is -0.308 e. The van der Waals surface area contributed by atoms with Crippen LogP contribution in [0.1, 0.15) is 12.5 Å². The van der Waals surface area contributed by atoms with Crippen molar-refractivity contribution in [1.82, 2.24) is 4.57 Å². The molecule has 0 amide bonds. The summed E-state index contributed by atoms with van der Waals surface area (Å²) in [5.74, 6) is -0.378. The van der Waals surface area contributed by atoms with Gasteiger partial charge in [0, 0.05) is 12.3 Å². The van der Waals surface area contributed by atoms with E-state index < -0.39 is 17.3 Å². The normalized spacial score (nSPS) is 11.5. The summed E-state index contributed by atoms with van der Waals surface area (Å²) in [6, 6.07) is 1.49. The molecule has 0 saturated heterocycles. The van der Waals surface area contributed by atoms with Crippen molar-refractivity contribution in [3.63, 3.8) is 0 Å². The second kappa shape index (κ2) is 3.88. The van der Waals surface area contributed by atoms with Gasteiger partial charge >= 0.3 is 6.18 Å². The van der Waals surface area contributed by atoms with Crippen LogP contribution in [-0.2, 0) is 17.5 Å². The Morgan fingerprint density at radius 1 is 1.40 bits per heavy atom. The third-order valence-corrected chi connectivity index (χ3v) is 1.70. The van der Waals surface area contributed by atoms with Crippen molar-refractivity contribution in [1.29, 1.82) is 0 Å². The first-order chi connectivity index (χ1) is 6.80. The number of hydrogen-bond donors (Lipinski definition) is 0. The molecular weight excluding hydrogens is 211 g/mol. The van der Waals surface area contributed by atoms with Crippen LogP contribution in [0.2, 0.25) is 0 Å². The van der Waals surface area contributed by atoms with Gasteiger partial charge in [0.2, 0.25) is 0 Å². The fraction of sp³-hybridized carbons (Fsp3) is 0.333. The van der Waals surface area contributed by atoms with Gasteiger partial charge in [-0.2, -0.15) is 13.2 Å². The number of Topliss-reactive ketones (excluding diaryl/α,β-unsaturated/α-hetero) is 1. The van der Waals surface area contributed by atoms with Crippen LogP contribution in [-0.4, -0.2) is 10.4 Å². The molecule has 0 unspecified atom stereocenters. The highest BCUT2D eigenvalue weighted by molar-refractivity contribution is 5.75. The van der Waals surface area contributed by atoms with E-state index in [4.69, 9.17) is 0 Å². The van der Waals surface area contributed by atoms with Crippen molar-refractivity contribution in [3.8, 4) is 0 Å². The summed E-state index contributed by atoms with van der Waals surface area (Å²) in [6.45, 7) is 0.857. The van der Waals surface area contributed by atoms with Gasteiger partial charge in [-0.05, 0) is 13.0 Å². The number of alkyl halides is 3. The van der Waals surface area contributed by atoms with Crippen molar-refractivity contribution in [2.75, 3.05) is 0 Å². The van der Waals surface area contributed by atoms with E-state index in [1.807, 2.05) is 0 Å². The predicted molar refractivity (Wildman–Crippen MR) is 46.4 cm³/mol. The Hall–Kier alpha value is -1.59. The van der Waals surface area contributed by atoms with Crippen LogP contribution in [0.5, 0.6) is 0 Å². The van der Waals surface area contributed by atoms with Crippen LogP contribution >= 0.6 is 0 Å². The van der Waals surface area contributed by atoms with Crippen LogP contribution in [0.4, 0.5) is 13.2 Å². The van der Waals surface area contributed by atoms with Gasteiger partial charge in [-0.1, -0.05) is 0 Å². The standard InChI is InChI=1S/C9H8F3NO2/c1-6(14)4-13-5-7(9(10,11)12)2-3-8(13)15/h2-3,5H,4H2,1H3. The van der Waals surface area contributed by atoms with Crippen molar-refractivity contribution >= 4 is 5.78 Å². The number of aromatic nitrogens is 1. The maximum absolute atomic E-state index is 12.2. The number of ketones is 1. The van der Waals surface area contributed by atoms with E-state index in [2.05, 4.69) is 0 Å². The Morgan fingerprint density at radius 3 is 2.47 bits per heavy atom. The van der Waals surface area contributed by atoms with E-state index >= 15 is 0 Å². The number of pyridine rings is 1. The maximum Gasteiger partial charge on any atom is 0.417 e. The molecule has 0 aliphatic rings. The second-order valence-corrected chi connectivity index (χ2v) is 3.08. The minimum absolute atomic E-state index is 0.344. The molecular formula is C9H8F3NO2.